The molecule has 0 saturated heterocycles. The molecule has 0 aromatic rings. The highest BCUT2D eigenvalue weighted by atomic mass is 28.4. The molecule has 2 fully saturated rings. The first-order valence-electron chi connectivity index (χ1n) is 5.88. The van der Waals surface area contributed by atoms with Crippen LogP contribution in [0.2, 0.25) is 13.1 Å². The summed E-state index contributed by atoms with van der Waals surface area (Å²) in [6.07, 6.45) is 5.88. The van der Waals surface area contributed by atoms with E-state index < -0.39 is 8.32 Å². The Hall–Kier alpha value is -0.0831. The topological polar surface area (TPSA) is 9.23 Å². The van der Waals surface area contributed by atoms with Crippen molar-refractivity contribution in [2.45, 2.75) is 38.8 Å². The van der Waals surface area contributed by atoms with Crippen LogP contribution in [0.25, 0.3) is 0 Å². The van der Waals surface area contributed by atoms with Gasteiger partial charge in [0.25, 0.3) is 0 Å². The monoisotopic (exact) mass is 210 g/mol. The second-order valence-electron chi connectivity index (χ2n) is 5.55. The summed E-state index contributed by atoms with van der Waals surface area (Å²) in [5.74, 6) is 2.91. The van der Waals surface area contributed by atoms with Crippen molar-refractivity contribution < 1.29 is 4.43 Å². The van der Waals surface area contributed by atoms with Crippen LogP contribution in [0.15, 0.2) is 12.3 Å². The first kappa shape index (κ1) is 10.4. The van der Waals surface area contributed by atoms with Crippen molar-refractivity contribution in [3.05, 3.63) is 12.3 Å². The summed E-state index contributed by atoms with van der Waals surface area (Å²) in [5, 5.41) is 0. The van der Waals surface area contributed by atoms with Crippen LogP contribution >= 0.6 is 0 Å². The third-order valence-electron chi connectivity index (χ3n) is 4.05. The Morgan fingerprint density at radius 2 is 2.14 bits per heavy atom. The first-order valence-corrected chi connectivity index (χ1v) is 8.87. The lowest BCUT2D eigenvalue weighted by Gasteiger charge is -2.26. The zero-order chi connectivity index (χ0) is 10.2. The van der Waals surface area contributed by atoms with Crippen LogP contribution in [0.1, 0.15) is 25.7 Å². The SMILES string of the molecule is C=C[Si](C)(C)OCC1CC2CCC1C2. The van der Waals surface area contributed by atoms with E-state index in [0.717, 1.165) is 24.4 Å². The van der Waals surface area contributed by atoms with Gasteiger partial charge >= 0.3 is 0 Å². The zero-order valence-corrected chi connectivity index (χ0v) is 10.5. The van der Waals surface area contributed by atoms with E-state index in [1.54, 1.807) is 0 Å². The molecule has 2 saturated carbocycles. The van der Waals surface area contributed by atoms with Crippen LogP contribution in [0.5, 0.6) is 0 Å². The average Bonchev–Trinajstić information content (AvgIpc) is 2.76. The van der Waals surface area contributed by atoms with Crippen LogP contribution in [0, 0.1) is 17.8 Å². The predicted molar refractivity (Wildman–Crippen MR) is 62.6 cm³/mol. The molecular weight excluding hydrogens is 188 g/mol. The summed E-state index contributed by atoms with van der Waals surface area (Å²) in [6, 6.07) is 0. The van der Waals surface area contributed by atoms with Gasteiger partial charge in [-0.3, -0.25) is 0 Å². The molecule has 14 heavy (non-hydrogen) atoms. The molecule has 2 heteroatoms. The number of fused-ring (bicyclic) bond motifs is 2. The van der Waals surface area contributed by atoms with Crippen LogP contribution < -0.4 is 0 Å². The highest BCUT2D eigenvalue weighted by Gasteiger charge is 2.39. The zero-order valence-electron chi connectivity index (χ0n) is 9.46. The molecule has 0 N–H and O–H groups in total. The van der Waals surface area contributed by atoms with E-state index in [0.29, 0.717) is 0 Å². The van der Waals surface area contributed by atoms with Gasteiger partial charge in [0.05, 0.1) is 0 Å². The quantitative estimate of drug-likeness (QED) is 0.646. The Kier molecular flexibility index (Phi) is 2.85. The summed E-state index contributed by atoms with van der Waals surface area (Å²) in [7, 11) is -1.51. The molecule has 0 amide bonds. The molecular formula is C12H22OSi. The largest absolute Gasteiger partial charge is 0.413 e. The van der Waals surface area contributed by atoms with E-state index in [1.807, 2.05) is 5.70 Å². The van der Waals surface area contributed by atoms with E-state index in [2.05, 4.69) is 19.7 Å². The standard InChI is InChI=1S/C12H22OSi/c1-4-14(2,3)13-9-12-8-10-5-6-11(12)7-10/h4,10-12H,1,5-9H2,2-3H3. The van der Waals surface area contributed by atoms with Crippen LogP contribution in [0.3, 0.4) is 0 Å². The van der Waals surface area contributed by atoms with Gasteiger partial charge in [-0.1, -0.05) is 12.1 Å². The molecule has 2 aliphatic carbocycles. The lowest BCUT2D eigenvalue weighted by atomic mass is 9.90. The second-order valence-corrected chi connectivity index (χ2v) is 9.46. The van der Waals surface area contributed by atoms with Crippen molar-refractivity contribution >= 4 is 8.32 Å². The third-order valence-corrected chi connectivity index (χ3v) is 5.94. The number of rotatable bonds is 4. The smallest absolute Gasteiger partial charge is 0.210 e. The lowest BCUT2D eigenvalue weighted by molar-refractivity contribution is 0.192. The maximum absolute atomic E-state index is 6.04. The van der Waals surface area contributed by atoms with Gasteiger partial charge in [-0.25, -0.2) is 0 Å². The molecule has 0 heterocycles. The maximum Gasteiger partial charge on any atom is 0.210 e. The van der Waals surface area contributed by atoms with Crippen molar-refractivity contribution in [1.29, 1.82) is 0 Å². The van der Waals surface area contributed by atoms with Crippen molar-refractivity contribution in [2.75, 3.05) is 6.61 Å². The molecule has 0 aromatic heterocycles. The Labute approximate surface area is 88.7 Å². The van der Waals surface area contributed by atoms with Crippen molar-refractivity contribution in [3.63, 3.8) is 0 Å². The molecule has 1 nitrogen and oxygen atoms in total. The molecule has 2 rings (SSSR count). The highest BCUT2D eigenvalue weighted by Crippen LogP contribution is 2.48. The minimum Gasteiger partial charge on any atom is -0.413 e. The number of hydrogen-bond donors (Lipinski definition) is 0. The van der Waals surface area contributed by atoms with Gasteiger partial charge in [-0.15, -0.1) is 6.58 Å². The van der Waals surface area contributed by atoms with Crippen LogP contribution in [-0.4, -0.2) is 14.9 Å². The second kappa shape index (κ2) is 3.82. The Balaban J connectivity index is 1.79. The highest BCUT2D eigenvalue weighted by molar-refractivity contribution is 6.76. The summed E-state index contributed by atoms with van der Waals surface area (Å²) in [4.78, 5) is 0. The summed E-state index contributed by atoms with van der Waals surface area (Å²) in [6.45, 7) is 9.33. The van der Waals surface area contributed by atoms with Gasteiger partial charge < -0.3 is 4.43 Å². The van der Waals surface area contributed by atoms with Gasteiger partial charge in [0.1, 0.15) is 0 Å². The molecule has 3 atom stereocenters. The molecule has 2 aliphatic rings. The molecule has 0 spiro atoms. The van der Waals surface area contributed by atoms with E-state index >= 15 is 0 Å². The molecule has 3 unspecified atom stereocenters. The van der Waals surface area contributed by atoms with Crippen molar-refractivity contribution in [3.8, 4) is 0 Å². The third kappa shape index (κ3) is 2.11. The molecule has 80 valence electrons. The van der Waals surface area contributed by atoms with E-state index in [9.17, 15) is 0 Å². The lowest BCUT2D eigenvalue weighted by Crippen LogP contribution is -2.31. The van der Waals surface area contributed by atoms with Gasteiger partial charge in [0.2, 0.25) is 8.32 Å². The predicted octanol–water partition coefficient (Wildman–Crippen LogP) is 3.37. The van der Waals surface area contributed by atoms with Crippen LogP contribution in [0.4, 0.5) is 0 Å². The van der Waals surface area contributed by atoms with E-state index in [1.165, 1.54) is 25.7 Å². The summed E-state index contributed by atoms with van der Waals surface area (Å²) >= 11 is 0. The van der Waals surface area contributed by atoms with Gasteiger partial charge in [0.15, 0.2) is 0 Å². The minimum atomic E-state index is -1.51. The summed E-state index contributed by atoms with van der Waals surface area (Å²) in [5.41, 5.74) is 2.04. The summed E-state index contributed by atoms with van der Waals surface area (Å²) < 4.78 is 6.04. The van der Waals surface area contributed by atoms with Gasteiger partial charge in [-0.05, 0) is 50.1 Å². The minimum absolute atomic E-state index is 0.875. The Morgan fingerprint density at radius 3 is 2.64 bits per heavy atom. The Morgan fingerprint density at radius 1 is 1.36 bits per heavy atom. The normalized spacial score (nSPS) is 36.3. The van der Waals surface area contributed by atoms with Crippen molar-refractivity contribution in [2.24, 2.45) is 17.8 Å². The van der Waals surface area contributed by atoms with E-state index in [-0.39, 0.29) is 0 Å². The van der Waals surface area contributed by atoms with Gasteiger partial charge in [-0.2, -0.15) is 0 Å². The fourth-order valence-corrected chi connectivity index (χ4v) is 3.72. The molecule has 2 bridgehead atoms. The maximum atomic E-state index is 6.04. The molecule has 0 radical (unpaired) electrons. The Bertz CT molecular complexity index is 224. The average molecular weight is 210 g/mol. The molecule has 0 aliphatic heterocycles. The fourth-order valence-electron chi connectivity index (χ4n) is 2.96. The van der Waals surface area contributed by atoms with Gasteiger partial charge in [0, 0.05) is 6.61 Å². The fraction of sp³-hybridized carbons (Fsp3) is 0.833. The van der Waals surface area contributed by atoms with E-state index in [4.69, 9.17) is 4.43 Å². The van der Waals surface area contributed by atoms with Crippen LogP contribution in [-0.2, 0) is 4.43 Å². The number of hydrogen-bond acceptors (Lipinski definition) is 1. The molecule has 0 aromatic carbocycles. The van der Waals surface area contributed by atoms with Crippen molar-refractivity contribution in [1.82, 2.24) is 0 Å². The first-order chi connectivity index (χ1) is 6.61.